The normalized spacial score (nSPS) is 11.0. The second-order valence-corrected chi connectivity index (χ2v) is 8.48. The number of ether oxygens (including phenoxy) is 1. The van der Waals surface area contributed by atoms with Crippen LogP contribution in [0, 0.1) is 0 Å². The van der Waals surface area contributed by atoms with Crippen molar-refractivity contribution >= 4 is 23.1 Å². The molecule has 5 aromatic rings. The second kappa shape index (κ2) is 8.79. The Morgan fingerprint density at radius 1 is 1.00 bits per heavy atom. The van der Waals surface area contributed by atoms with Crippen molar-refractivity contribution in [3.05, 3.63) is 84.1 Å². The van der Waals surface area contributed by atoms with Gasteiger partial charge >= 0.3 is 0 Å². The number of benzene rings is 2. The van der Waals surface area contributed by atoms with Gasteiger partial charge in [-0.15, -0.1) is 21.5 Å². The van der Waals surface area contributed by atoms with Crippen LogP contribution in [0.2, 0.25) is 0 Å². The Kier molecular flexibility index (Phi) is 5.56. The van der Waals surface area contributed by atoms with E-state index in [0.29, 0.717) is 11.6 Å². The summed E-state index contributed by atoms with van der Waals surface area (Å²) >= 11 is 3.18. The molecule has 0 fully saturated rings. The van der Waals surface area contributed by atoms with Gasteiger partial charge in [0.1, 0.15) is 12.0 Å². The number of para-hydroxylation sites is 2. The van der Waals surface area contributed by atoms with E-state index in [4.69, 9.17) is 9.15 Å². The average molecular weight is 447 g/mol. The predicted molar refractivity (Wildman–Crippen MR) is 123 cm³/mol. The Morgan fingerprint density at radius 3 is 2.65 bits per heavy atom. The van der Waals surface area contributed by atoms with Gasteiger partial charge in [0.2, 0.25) is 5.89 Å². The van der Waals surface area contributed by atoms with Crippen molar-refractivity contribution in [1.29, 1.82) is 0 Å². The van der Waals surface area contributed by atoms with Crippen LogP contribution in [0.25, 0.3) is 27.8 Å². The first-order valence-electron chi connectivity index (χ1n) is 9.59. The molecule has 0 amide bonds. The maximum atomic E-state index is 5.67. The molecule has 6 nitrogen and oxygen atoms in total. The Morgan fingerprint density at radius 2 is 1.84 bits per heavy atom. The molecule has 154 valence electrons. The highest BCUT2D eigenvalue weighted by molar-refractivity contribution is 7.98. The van der Waals surface area contributed by atoms with Gasteiger partial charge in [-0.25, -0.2) is 4.98 Å². The number of hydrogen-bond donors (Lipinski definition) is 0. The van der Waals surface area contributed by atoms with Gasteiger partial charge in [0.05, 0.1) is 23.4 Å². The van der Waals surface area contributed by atoms with Crippen LogP contribution < -0.4 is 4.74 Å². The highest BCUT2D eigenvalue weighted by atomic mass is 32.2. The lowest BCUT2D eigenvalue weighted by atomic mass is 10.2. The molecule has 0 atom stereocenters. The molecule has 8 heteroatoms. The minimum absolute atomic E-state index is 0.605. The van der Waals surface area contributed by atoms with E-state index in [1.165, 1.54) is 0 Å². The van der Waals surface area contributed by atoms with Crippen molar-refractivity contribution in [2.75, 3.05) is 7.11 Å². The molecule has 0 spiro atoms. The van der Waals surface area contributed by atoms with E-state index >= 15 is 0 Å². The summed E-state index contributed by atoms with van der Waals surface area (Å²) in [6.45, 7) is 0. The molecule has 31 heavy (non-hydrogen) atoms. The summed E-state index contributed by atoms with van der Waals surface area (Å²) in [6, 6.07) is 21.8. The molecule has 0 unspecified atom stereocenters. The minimum Gasteiger partial charge on any atom is -0.495 e. The van der Waals surface area contributed by atoms with Crippen molar-refractivity contribution in [3.63, 3.8) is 0 Å². The fraction of sp³-hybridized carbons (Fsp3) is 0.0870. The lowest BCUT2D eigenvalue weighted by molar-refractivity contribution is 0.412. The fourth-order valence-corrected chi connectivity index (χ4v) is 4.71. The van der Waals surface area contributed by atoms with Crippen molar-refractivity contribution in [1.82, 2.24) is 19.7 Å². The van der Waals surface area contributed by atoms with Crippen LogP contribution in [0.5, 0.6) is 5.75 Å². The van der Waals surface area contributed by atoms with Gasteiger partial charge in [0.15, 0.2) is 11.0 Å². The van der Waals surface area contributed by atoms with E-state index in [1.54, 1.807) is 36.5 Å². The highest BCUT2D eigenvalue weighted by Gasteiger charge is 2.20. The molecule has 5 rings (SSSR count). The van der Waals surface area contributed by atoms with E-state index in [0.717, 1.165) is 38.6 Å². The zero-order valence-electron chi connectivity index (χ0n) is 16.6. The highest BCUT2D eigenvalue weighted by Crippen LogP contribution is 2.35. The Balaban J connectivity index is 1.47. The zero-order chi connectivity index (χ0) is 21.0. The molecule has 0 aliphatic heterocycles. The third-order valence-electron chi connectivity index (χ3n) is 4.62. The predicted octanol–water partition coefficient (Wildman–Crippen LogP) is 5.95. The summed E-state index contributed by atoms with van der Waals surface area (Å²) in [7, 11) is 1.67. The Bertz CT molecular complexity index is 1280. The molecule has 0 aliphatic carbocycles. The summed E-state index contributed by atoms with van der Waals surface area (Å²) in [5, 5.41) is 11.7. The van der Waals surface area contributed by atoms with Crippen molar-refractivity contribution in [2.45, 2.75) is 10.9 Å². The summed E-state index contributed by atoms with van der Waals surface area (Å²) in [5.74, 6) is 2.76. The Hall–Kier alpha value is -3.36. The number of thioether (sulfide) groups is 1. The largest absolute Gasteiger partial charge is 0.495 e. The number of thiophene rings is 1. The topological polar surface area (TPSA) is 66.0 Å². The fourth-order valence-electron chi connectivity index (χ4n) is 3.19. The molecule has 3 aromatic heterocycles. The van der Waals surface area contributed by atoms with E-state index in [-0.39, 0.29) is 0 Å². The van der Waals surface area contributed by atoms with Crippen LogP contribution in [0.4, 0.5) is 0 Å². The molecular weight excluding hydrogens is 428 g/mol. The summed E-state index contributed by atoms with van der Waals surface area (Å²) in [4.78, 5) is 5.66. The number of aromatic nitrogens is 4. The standard InChI is InChI=1S/C23H18N4O2S2/c1-28-19-11-6-5-10-18(19)27-21(20-12-7-13-30-20)25-26-23(27)31-15-17-14-29-22(24-17)16-8-3-2-4-9-16/h2-14H,15H2,1H3. The van der Waals surface area contributed by atoms with Crippen molar-refractivity contribution in [2.24, 2.45) is 0 Å². The first-order valence-corrected chi connectivity index (χ1v) is 11.5. The first kappa shape index (κ1) is 19.6. The van der Waals surface area contributed by atoms with Crippen molar-refractivity contribution < 1.29 is 9.15 Å². The SMILES string of the molecule is COc1ccccc1-n1c(SCc2coc(-c3ccccc3)n2)nnc1-c1cccs1. The van der Waals surface area contributed by atoms with Gasteiger partial charge in [-0.05, 0) is 35.7 Å². The zero-order valence-corrected chi connectivity index (χ0v) is 18.3. The van der Waals surface area contributed by atoms with E-state index < -0.39 is 0 Å². The molecule has 0 radical (unpaired) electrons. The van der Waals surface area contributed by atoms with Crippen LogP contribution in [0.15, 0.2) is 87.9 Å². The lowest BCUT2D eigenvalue weighted by Gasteiger charge is -2.13. The van der Waals surface area contributed by atoms with E-state index in [9.17, 15) is 0 Å². The molecule has 0 aliphatic rings. The smallest absolute Gasteiger partial charge is 0.226 e. The van der Waals surface area contributed by atoms with Crippen LogP contribution >= 0.6 is 23.1 Å². The third kappa shape index (κ3) is 3.99. The summed E-state index contributed by atoms with van der Waals surface area (Å²) < 4.78 is 13.3. The molecule has 0 N–H and O–H groups in total. The molecule has 0 bridgehead atoms. The van der Waals surface area contributed by atoms with Gasteiger partial charge in [-0.3, -0.25) is 4.57 Å². The Labute approximate surface area is 187 Å². The van der Waals surface area contributed by atoms with Gasteiger partial charge in [0, 0.05) is 11.3 Å². The number of hydrogen-bond acceptors (Lipinski definition) is 7. The van der Waals surface area contributed by atoms with E-state index in [1.807, 2.05) is 76.7 Å². The molecular formula is C23H18N4O2S2. The van der Waals surface area contributed by atoms with Crippen molar-refractivity contribution in [3.8, 4) is 33.6 Å². The van der Waals surface area contributed by atoms with E-state index in [2.05, 4.69) is 15.2 Å². The van der Waals surface area contributed by atoms with Crippen LogP contribution in [-0.4, -0.2) is 26.9 Å². The van der Waals surface area contributed by atoms with Gasteiger partial charge < -0.3 is 9.15 Å². The molecule has 2 aromatic carbocycles. The molecule has 3 heterocycles. The summed E-state index contributed by atoms with van der Waals surface area (Å²) in [5.41, 5.74) is 2.69. The first-order chi connectivity index (χ1) is 15.3. The number of methoxy groups -OCH3 is 1. The number of nitrogens with zero attached hydrogens (tertiary/aromatic N) is 4. The number of rotatable bonds is 7. The second-order valence-electron chi connectivity index (χ2n) is 6.59. The molecule has 0 saturated carbocycles. The van der Waals surface area contributed by atoms with Gasteiger partial charge in [-0.1, -0.05) is 48.2 Å². The summed E-state index contributed by atoms with van der Waals surface area (Å²) in [6.07, 6.45) is 1.69. The lowest BCUT2D eigenvalue weighted by Crippen LogP contribution is -2.01. The average Bonchev–Trinajstić information content (AvgIpc) is 3.59. The van der Waals surface area contributed by atoms with Crippen LogP contribution in [-0.2, 0) is 5.75 Å². The molecule has 0 saturated heterocycles. The van der Waals surface area contributed by atoms with Crippen LogP contribution in [0.3, 0.4) is 0 Å². The maximum Gasteiger partial charge on any atom is 0.226 e. The van der Waals surface area contributed by atoms with Crippen LogP contribution in [0.1, 0.15) is 5.69 Å². The number of oxazole rings is 1. The third-order valence-corrected chi connectivity index (χ3v) is 6.45. The minimum atomic E-state index is 0.605. The van der Waals surface area contributed by atoms with Gasteiger partial charge in [-0.2, -0.15) is 0 Å². The monoisotopic (exact) mass is 446 g/mol. The quantitative estimate of drug-likeness (QED) is 0.288. The maximum absolute atomic E-state index is 5.67. The van der Waals surface area contributed by atoms with Gasteiger partial charge in [0.25, 0.3) is 0 Å².